The molecule has 8 heteroatoms. The standard InChI is InChI=1S/C17H21NO7/c1-8(2)25-17(21)9(3)18-10-7-11(22-4)14(23-5)15(24-6)12(10)13(19)16(18)20/h7-9H,1-6H3. The molecule has 1 heterocycles. The quantitative estimate of drug-likeness (QED) is 0.567. The number of carbonyl (C=O) groups is 3. The summed E-state index contributed by atoms with van der Waals surface area (Å²) in [6, 6.07) is 0.487. The van der Waals surface area contributed by atoms with Crippen LogP contribution in [0.15, 0.2) is 6.07 Å². The fraction of sp³-hybridized carbons (Fsp3) is 0.471. The summed E-state index contributed by atoms with van der Waals surface area (Å²) in [7, 11) is 4.17. The Morgan fingerprint density at radius 2 is 1.60 bits per heavy atom. The van der Waals surface area contributed by atoms with Gasteiger partial charge in [0.25, 0.3) is 11.7 Å². The second-order valence-corrected chi connectivity index (χ2v) is 5.71. The lowest BCUT2D eigenvalue weighted by Crippen LogP contribution is -2.44. The minimum absolute atomic E-state index is 0.0364. The lowest BCUT2D eigenvalue weighted by molar-refractivity contribution is -0.149. The van der Waals surface area contributed by atoms with Crippen molar-refractivity contribution < 1.29 is 33.3 Å². The number of anilines is 1. The smallest absolute Gasteiger partial charge is 0.329 e. The number of hydrogen-bond acceptors (Lipinski definition) is 7. The molecule has 1 aliphatic rings. The number of ketones is 1. The Labute approximate surface area is 145 Å². The van der Waals surface area contributed by atoms with E-state index < -0.39 is 23.7 Å². The molecule has 8 nitrogen and oxygen atoms in total. The Morgan fingerprint density at radius 1 is 1.00 bits per heavy atom. The molecule has 0 radical (unpaired) electrons. The number of methoxy groups -OCH3 is 3. The van der Waals surface area contributed by atoms with E-state index in [9.17, 15) is 14.4 Å². The van der Waals surface area contributed by atoms with Gasteiger partial charge in [-0.15, -0.1) is 0 Å². The van der Waals surface area contributed by atoms with Crippen LogP contribution in [0.1, 0.15) is 31.1 Å². The van der Waals surface area contributed by atoms with Crippen LogP contribution in [0.5, 0.6) is 17.2 Å². The molecule has 0 saturated carbocycles. The second-order valence-electron chi connectivity index (χ2n) is 5.71. The summed E-state index contributed by atoms with van der Waals surface area (Å²) < 4.78 is 20.9. The number of carbonyl (C=O) groups excluding carboxylic acids is 3. The zero-order chi connectivity index (χ0) is 18.9. The van der Waals surface area contributed by atoms with Crippen LogP contribution in [0.3, 0.4) is 0 Å². The average Bonchev–Trinajstić information content (AvgIpc) is 2.82. The van der Waals surface area contributed by atoms with Crippen molar-refractivity contribution in [3.63, 3.8) is 0 Å². The third-order valence-electron chi connectivity index (χ3n) is 3.79. The number of hydrogen-bond donors (Lipinski definition) is 0. The van der Waals surface area contributed by atoms with Crippen LogP contribution in [0.25, 0.3) is 0 Å². The monoisotopic (exact) mass is 351 g/mol. The van der Waals surface area contributed by atoms with Crippen molar-refractivity contribution in [1.82, 2.24) is 0 Å². The molecule has 1 aromatic rings. The molecule has 136 valence electrons. The van der Waals surface area contributed by atoms with E-state index >= 15 is 0 Å². The van der Waals surface area contributed by atoms with Crippen LogP contribution in [0, 0.1) is 0 Å². The number of rotatable bonds is 6. The molecule has 25 heavy (non-hydrogen) atoms. The molecule has 0 spiro atoms. The molecule has 0 N–H and O–H groups in total. The summed E-state index contributed by atoms with van der Waals surface area (Å²) in [5, 5.41) is 0. The molecule has 0 aliphatic carbocycles. The highest BCUT2D eigenvalue weighted by atomic mass is 16.5. The fourth-order valence-corrected chi connectivity index (χ4v) is 2.70. The van der Waals surface area contributed by atoms with Gasteiger partial charge in [0.05, 0.1) is 38.7 Å². The van der Waals surface area contributed by atoms with Gasteiger partial charge in [0, 0.05) is 6.07 Å². The summed E-state index contributed by atoms with van der Waals surface area (Å²) in [5.74, 6) is -1.67. The Hall–Kier alpha value is -2.77. The van der Waals surface area contributed by atoms with Crippen molar-refractivity contribution >= 4 is 23.3 Å². The maximum absolute atomic E-state index is 12.5. The van der Waals surface area contributed by atoms with Crippen molar-refractivity contribution in [2.24, 2.45) is 0 Å². The molecule has 0 saturated heterocycles. The van der Waals surface area contributed by atoms with E-state index in [1.807, 2.05) is 0 Å². The van der Waals surface area contributed by atoms with Gasteiger partial charge in [-0.3, -0.25) is 14.5 Å². The molecule has 0 fully saturated rings. The molecule has 1 aliphatic heterocycles. The van der Waals surface area contributed by atoms with Crippen LogP contribution >= 0.6 is 0 Å². The molecule has 1 amide bonds. The van der Waals surface area contributed by atoms with Crippen molar-refractivity contribution in [2.45, 2.75) is 32.9 Å². The van der Waals surface area contributed by atoms with Gasteiger partial charge >= 0.3 is 5.97 Å². The number of amides is 1. The molecular weight excluding hydrogens is 330 g/mol. The first kappa shape index (κ1) is 18.6. The van der Waals surface area contributed by atoms with E-state index in [1.54, 1.807) is 13.8 Å². The average molecular weight is 351 g/mol. The highest BCUT2D eigenvalue weighted by Crippen LogP contribution is 2.48. The summed E-state index contributed by atoms with van der Waals surface area (Å²) in [6.07, 6.45) is -0.345. The molecule has 1 unspecified atom stereocenters. The topological polar surface area (TPSA) is 91.4 Å². The second kappa shape index (κ2) is 7.00. The van der Waals surface area contributed by atoms with Crippen LogP contribution in [0.4, 0.5) is 5.69 Å². The van der Waals surface area contributed by atoms with Crippen LogP contribution in [-0.2, 0) is 14.3 Å². The first-order valence-electron chi connectivity index (χ1n) is 7.69. The van der Waals surface area contributed by atoms with E-state index in [2.05, 4.69) is 0 Å². The van der Waals surface area contributed by atoms with E-state index in [0.717, 1.165) is 4.90 Å². The summed E-state index contributed by atoms with van der Waals surface area (Å²) in [4.78, 5) is 38.3. The number of esters is 1. The first-order valence-corrected chi connectivity index (χ1v) is 7.69. The number of fused-ring (bicyclic) bond motifs is 1. The van der Waals surface area contributed by atoms with Gasteiger partial charge in [0.1, 0.15) is 6.04 Å². The van der Waals surface area contributed by atoms with Crippen molar-refractivity contribution in [3.8, 4) is 17.2 Å². The Kier molecular flexibility index (Phi) is 5.20. The van der Waals surface area contributed by atoms with Gasteiger partial charge < -0.3 is 18.9 Å². The predicted molar refractivity (Wildman–Crippen MR) is 88.6 cm³/mol. The number of ether oxygens (including phenoxy) is 4. The van der Waals surface area contributed by atoms with E-state index in [0.29, 0.717) is 0 Å². The van der Waals surface area contributed by atoms with Gasteiger partial charge in [-0.1, -0.05) is 0 Å². The molecular formula is C17H21NO7. The highest BCUT2D eigenvalue weighted by Gasteiger charge is 2.45. The van der Waals surface area contributed by atoms with Gasteiger partial charge in [-0.2, -0.15) is 0 Å². The lowest BCUT2D eigenvalue weighted by Gasteiger charge is -2.25. The molecule has 2 rings (SSSR count). The number of Topliss-reactive ketones (excluding diaryl/α,β-unsaturated/α-hetero) is 1. The minimum atomic E-state index is -0.983. The zero-order valence-corrected chi connectivity index (χ0v) is 15.0. The third kappa shape index (κ3) is 2.99. The third-order valence-corrected chi connectivity index (χ3v) is 3.79. The van der Waals surface area contributed by atoms with Crippen LogP contribution < -0.4 is 19.1 Å². The number of nitrogens with zero attached hydrogens (tertiary/aromatic N) is 1. The lowest BCUT2D eigenvalue weighted by atomic mass is 10.1. The first-order chi connectivity index (χ1) is 11.8. The summed E-state index contributed by atoms with van der Waals surface area (Å²) >= 11 is 0. The SMILES string of the molecule is COc1cc2c(c(OC)c1OC)C(=O)C(=O)N2C(C)C(=O)OC(C)C. The van der Waals surface area contributed by atoms with Crippen molar-refractivity contribution in [1.29, 1.82) is 0 Å². The van der Waals surface area contributed by atoms with Crippen molar-refractivity contribution in [3.05, 3.63) is 11.6 Å². The van der Waals surface area contributed by atoms with Gasteiger partial charge in [0.2, 0.25) is 5.75 Å². The largest absolute Gasteiger partial charge is 0.493 e. The molecule has 0 aromatic heterocycles. The van der Waals surface area contributed by atoms with Crippen LogP contribution in [-0.4, -0.2) is 51.1 Å². The summed E-state index contributed by atoms with van der Waals surface area (Å²) in [6.45, 7) is 4.90. The maximum atomic E-state index is 12.5. The predicted octanol–water partition coefficient (Wildman–Crippen LogP) is 1.58. The van der Waals surface area contributed by atoms with Gasteiger partial charge in [-0.25, -0.2) is 4.79 Å². The molecule has 1 atom stereocenters. The van der Waals surface area contributed by atoms with Gasteiger partial charge in [0.15, 0.2) is 11.5 Å². The van der Waals surface area contributed by atoms with Gasteiger partial charge in [-0.05, 0) is 20.8 Å². The van der Waals surface area contributed by atoms with Crippen LogP contribution in [0.2, 0.25) is 0 Å². The summed E-state index contributed by atoms with van der Waals surface area (Å²) in [5.41, 5.74) is 0.257. The normalized spacial score (nSPS) is 14.4. The van der Waals surface area contributed by atoms with Crippen molar-refractivity contribution in [2.75, 3.05) is 26.2 Å². The Balaban J connectivity index is 2.62. The Bertz CT molecular complexity index is 726. The van der Waals surface area contributed by atoms with E-state index in [-0.39, 0.29) is 34.6 Å². The highest BCUT2D eigenvalue weighted by molar-refractivity contribution is 6.53. The zero-order valence-electron chi connectivity index (χ0n) is 15.0. The molecule has 0 bridgehead atoms. The fourth-order valence-electron chi connectivity index (χ4n) is 2.70. The van der Waals surface area contributed by atoms with E-state index in [4.69, 9.17) is 18.9 Å². The number of benzene rings is 1. The maximum Gasteiger partial charge on any atom is 0.329 e. The van der Waals surface area contributed by atoms with E-state index in [1.165, 1.54) is 34.3 Å². The minimum Gasteiger partial charge on any atom is -0.493 e. The molecule has 1 aromatic carbocycles. The Morgan fingerprint density at radius 3 is 2.08 bits per heavy atom.